The Labute approximate surface area is 165 Å². The molecular formula is C19H23N5O3S. The summed E-state index contributed by atoms with van der Waals surface area (Å²) < 4.78 is 1.61. The van der Waals surface area contributed by atoms with Gasteiger partial charge < -0.3 is 4.90 Å². The minimum Gasteiger partial charge on any atom is -0.342 e. The topological polar surface area (TPSA) is 101 Å². The van der Waals surface area contributed by atoms with Gasteiger partial charge >= 0.3 is 5.69 Å². The summed E-state index contributed by atoms with van der Waals surface area (Å²) in [4.78, 5) is 51.2. The van der Waals surface area contributed by atoms with Crippen LogP contribution < -0.4 is 11.2 Å². The number of hydrogen-bond acceptors (Lipinski definition) is 6. The van der Waals surface area contributed by atoms with E-state index in [1.807, 2.05) is 4.90 Å². The van der Waals surface area contributed by atoms with Gasteiger partial charge in [-0.25, -0.2) is 14.8 Å². The summed E-state index contributed by atoms with van der Waals surface area (Å²) in [6.07, 6.45) is 7.15. The molecule has 0 unspecified atom stereocenters. The first-order valence-electron chi connectivity index (χ1n) is 10.1. The first-order valence-corrected chi connectivity index (χ1v) is 11.1. The molecule has 9 heteroatoms. The second-order valence-corrected chi connectivity index (χ2v) is 8.91. The number of aromatic nitrogens is 4. The molecule has 2 saturated carbocycles. The normalized spacial score (nSPS) is 19.9. The molecule has 5 rings (SSSR count). The van der Waals surface area contributed by atoms with Gasteiger partial charge in [-0.2, -0.15) is 0 Å². The van der Waals surface area contributed by atoms with Crippen LogP contribution in [0.2, 0.25) is 0 Å². The second-order valence-electron chi connectivity index (χ2n) is 7.95. The second kappa shape index (κ2) is 7.02. The lowest BCUT2D eigenvalue weighted by atomic mass is 10.1. The first-order chi connectivity index (χ1) is 13.6. The van der Waals surface area contributed by atoms with Crippen molar-refractivity contribution in [2.45, 2.75) is 61.9 Å². The Hall–Kier alpha value is -2.16. The molecule has 0 radical (unpaired) electrons. The third kappa shape index (κ3) is 3.36. The molecule has 3 fully saturated rings. The van der Waals surface area contributed by atoms with Gasteiger partial charge in [-0.05, 0) is 44.9 Å². The van der Waals surface area contributed by atoms with Crippen LogP contribution in [0, 0.1) is 0 Å². The Balaban J connectivity index is 1.53. The maximum Gasteiger partial charge on any atom is 0.330 e. The Morgan fingerprint density at radius 1 is 1.07 bits per heavy atom. The van der Waals surface area contributed by atoms with E-state index in [1.54, 1.807) is 4.57 Å². The Morgan fingerprint density at radius 2 is 1.82 bits per heavy atom. The SMILES string of the molecule is O=C(CSc1nc(C2CC2)nc2c1c(=O)[nH]c(=O)n2C1CC1)N1CCCCC1. The quantitative estimate of drug-likeness (QED) is 0.606. The number of hydrogen-bond donors (Lipinski definition) is 1. The number of nitrogens with zero attached hydrogens (tertiary/aromatic N) is 4. The van der Waals surface area contributed by atoms with Crippen molar-refractivity contribution < 1.29 is 4.79 Å². The van der Waals surface area contributed by atoms with Crippen molar-refractivity contribution in [2.75, 3.05) is 18.8 Å². The molecule has 0 bridgehead atoms. The molecule has 0 atom stereocenters. The van der Waals surface area contributed by atoms with Gasteiger partial charge in [-0.3, -0.25) is 19.1 Å². The van der Waals surface area contributed by atoms with Crippen LogP contribution in [0.5, 0.6) is 0 Å². The van der Waals surface area contributed by atoms with Gasteiger partial charge in [0.15, 0.2) is 5.65 Å². The summed E-state index contributed by atoms with van der Waals surface area (Å²) in [6, 6.07) is 0.0987. The van der Waals surface area contributed by atoms with E-state index in [4.69, 9.17) is 0 Å². The Bertz CT molecular complexity index is 1050. The highest BCUT2D eigenvalue weighted by atomic mass is 32.2. The molecule has 0 aromatic carbocycles. The minimum absolute atomic E-state index is 0.0800. The molecule has 2 aliphatic carbocycles. The van der Waals surface area contributed by atoms with Gasteiger partial charge in [0.05, 0.1) is 5.75 Å². The predicted octanol–water partition coefficient (Wildman–Crippen LogP) is 1.80. The van der Waals surface area contributed by atoms with Crippen molar-refractivity contribution in [3.05, 3.63) is 26.7 Å². The summed E-state index contributed by atoms with van der Waals surface area (Å²) >= 11 is 1.29. The van der Waals surface area contributed by atoms with Crippen LogP contribution in [0.4, 0.5) is 0 Å². The number of nitrogens with one attached hydrogen (secondary N) is 1. The van der Waals surface area contributed by atoms with Crippen molar-refractivity contribution in [3.63, 3.8) is 0 Å². The highest BCUT2D eigenvalue weighted by Crippen LogP contribution is 2.40. The van der Waals surface area contributed by atoms with Gasteiger partial charge in [0.25, 0.3) is 5.56 Å². The van der Waals surface area contributed by atoms with E-state index in [9.17, 15) is 14.4 Å². The van der Waals surface area contributed by atoms with Gasteiger partial charge in [-0.15, -0.1) is 0 Å². The molecule has 1 aliphatic heterocycles. The number of likely N-dealkylation sites (tertiary alicyclic amines) is 1. The van der Waals surface area contributed by atoms with Gasteiger partial charge in [0, 0.05) is 25.0 Å². The number of aromatic amines is 1. The van der Waals surface area contributed by atoms with E-state index < -0.39 is 11.2 Å². The third-order valence-electron chi connectivity index (χ3n) is 5.66. The van der Waals surface area contributed by atoms with Gasteiger partial charge in [0.1, 0.15) is 16.2 Å². The smallest absolute Gasteiger partial charge is 0.330 e. The summed E-state index contributed by atoms with van der Waals surface area (Å²) in [7, 11) is 0. The highest BCUT2D eigenvalue weighted by molar-refractivity contribution is 8.00. The molecule has 8 nitrogen and oxygen atoms in total. The van der Waals surface area contributed by atoms with Crippen molar-refractivity contribution in [1.29, 1.82) is 0 Å². The van der Waals surface area contributed by atoms with Crippen molar-refractivity contribution in [1.82, 2.24) is 24.4 Å². The average molecular weight is 401 g/mol. The van der Waals surface area contributed by atoms with E-state index in [1.165, 1.54) is 18.2 Å². The monoisotopic (exact) mass is 401 g/mol. The number of carbonyl (C=O) groups excluding carboxylic acids is 1. The lowest BCUT2D eigenvalue weighted by molar-refractivity contribution is -0.129. The first kappa shape index (κ1) is 17.9. The molecule has 1 amide bonds. The molecule has 2 aromatic rings. The molecule has 1 N–H and O–H groups in total. The number of amides is 1. The maximum absolute atomic E-state index is 12.6. The van der Waals surface area contributed by atoms with E-state index in [0.717, 1.165) is 51.6 Å². The average Bonchev–Trinajstić information content (AvgIpc) is 3.59. The zero-order chi connectivity index (χ0) is 19.3. The number of thioether (sulfide) groups is 1. The van der Waals surface area contributed by atoms with Gasteiger partial charge in [-0.1, -0.05) is 11.8 Å². The van der Waals surface area contributed by atoms with E-state index in [0.29, 0.717) is 27.8 Å². The maximum atomic E-state index is 12.6. The van der Waals surface area contributed by atoms with Crippen LogP contribution in [0.15, 0.2) is 14.6 Å². The molecule has 1 saturated heterocycles. The zero-order valence-electron chi connectivity index (χ0n) is 15.6. The minimum atomic E-state index is -0.466. The van der Waals surface area contributed by atoms with Crippen molar-refractivity contribution >= 4 is 28.7 Å². The van der Waals surface area contributed by atoms with Crippen LogP contribution in [0.3, 0.4) is 0 Å². The standard InChI is InChI=1S/C19H23N5O3S/c25-13(23-8-2-1-3-9-23)10-28-18-14-16(20-15(21-18)11-4-5-11)24(12-6-7-12)19(27)22-17(14)26/h11-12H,1-10H2,(H,22,26,27). The number of rotatable bonds is 5. The van der Waals surface area contributed by atoms with E-state index in [-0.39, 0.29) is 17.7 Å². The summed E-state index contributed by atoms with van der Waals surface area (Å²) in [5, 5.41) is 0.861. The third-order valence-corrected chi connectivity index (χ3v) is 6.62. The summed E-state index contributed by atoms with van der Waals surface area (Å²) in [6.45, 7) is 1.61. The van der Waals surface area contributed by atoms with E-state index in [2.05, 4.69) is 15.0 Å². The summed E-state index contributed by atoms with van der Waals surface area (Å²) in [5.41, 5.74) is -0.436. The van der Waals surface area contributed by atoms with Crippen LogP contribution >= 0.6 is 11.8 Å². The highest BCUT2D eigenvalue weighted by Gasteiger charge is 2.32. The predicted molar refractivity (Wildman–Crippen MR) is 106 cm³/mol. The number of fused-ring (bicyclic) bond motifs is 1. The molecule has 3 heterocycles. The lowest BCUT2D eigenvalue weighted by Gasteiger charge is -2.26. The Morgan fingerprint density at radius 3 is 2.50 bits per heavy atom. The summed E-state index contributed by atoms with van der Waals surface area (Å²) in [5.74, 6) is 1.32. The van der Waals surface area contributed by atoms with Crippen LogP contribution in [0.1, 0.15) is 62.7 Å². The molecule has 28 heavy (non-hydrogen) atoms. The van der Waals surface area contributed by atoms with Crippen LogP contribution in [0.25, 0.3) is 11.0 Å². The number of carbonyl (C=O) groups is 1. The van der Waals surface area contributed by atoms with E-state index >= 15 is 0 Å². The molecule has 2 aromatic heterocycles. The fraction of sp³-hybridized carbons (Fsp3) is 0.632. The lowest BCUT2D eigenvalue weighted by Crippen LogP contribution is -2.36. The molecule has 148 valence electrons. The largest absolute Gasteiger partial charge is 0.342 e. The molecule has 0 spiro atoms. The Kier molecular flexibility index (Phi) is 4.49. The zero-order valence-corrected chi connectivity index (χ0v) is 16.5. The van der Waals surface area contributed by atoms with Crippen molar-refractivity contribution in [3.8, 4) is 0 Å². The fourth-order valence-electron chi connectivity index (χ4n) is 3.80. The number of H-pyrrole nitrogens is 1. The van der Waals surface area contributed by atoms with Crippen LogP contribution in [-0.4, -0.2) is 49.2 Å². The van der Waals surface area contributed by atoms with Crippen LogP contribution in [-0.2, 0) is 4.79 Å². The van der Waals surface area contributed by atoms with Gasteiger partial charge in [0.2, 0.25) is 5.91 Å². The van der Waals surface area contributed by atoms with Crippen molar-refractivity contribution in [2.24, 2.45) is 0 Å². The fourth-order valence-corrected chi connectivity index (χ4v) is 4.73. The number of piperidine rings is 1. The molecular weight excluding hydrogens is 378 g/mol. The molecule has 3 aliphatic rings.